The number of amides is 1. The van der Waals surface area contributed by atoms with Crippen LogP contribution in [-0.4, -0.2) is 37.0 Å². The molecule has 3 atom stereocenters. The molecule has 0 bridgehead atoms. The van der Waals surface area contributed by atoms with Gasteiger partial charge < -0.3 is 9.80 Å². The highest BCUT2D eigenvalue weighted by Crippen LogP contribution is 2.39. The average Bonchev–Trinajstić information content (AvgIpc) is 2.61. The van der Waals surface area contributed by atoms with Crippen molar-refractivity contribution in [3.63, 3.8) is 0 Å². The fourth-order valence-corrected chi connectivity index (χ4v) is 3.53. The number of anilines is 1. The molecule has 2 rings (SSSR count). The zero-order valence-corrected chi connectivity index (χ0v) is 16.4. The summed E-state index contributed by atoms with van der Waals surface area (Å²) < 4.78 is 28.0. The van der Waals surface area contributed by atoms with Crippen molar-refractivity contribution in [1.29, 1.82) is 5.26 Å². The molecule has 2 unspecified atom stereocenters. The van der Waals surface area contributed by atoms with Crippen LogP contribution < -0.4 is 4.90 Å². The van der Waals surface area contributed by atoms with Gasteiger partial charge in [-0.25, -0.2) is 0 Å². The summed E-state index contributed by atoms with van der Waals surface area (Å²) in [6.45, 7) is 1.78. The number of rotatable bonds is 5. The second-order valence-electron chi connectivity index (χ2n) is 6.71. The van der Waals surface area contributed by atoms with Crippen molar-refractivity contribution in [2.24, 2.45) is 0 Å². The zero-order valence-electron chi connectivity index (χ0n) is 15.2. The summed E-state index contributed by atoms with van der Waals surface area (Å²) in [5, 5.41) is 9.15. The van der Waals surface area contributed by atoms with E-state index in [4.69, 9.17) is 5.26 Å². The molecule has 0 radical (unpaired) electrons. The third kappa shape index (κ3) is 4.40. The molecule has 0 aliphatic heterocycles. The number of alkyl halides is 2. The van der Waals surface area contributed by atoms with Gasteiger partial charge >= 0.3 is 0 Å². The highest BCUT2D eigenvalue weighted by atomic mass is 31.0. The first-order valence-corrected chi connectivity index (χ1v) is 9.12. The summed E-state index contributed by atoms with van der Waals surface area (Å²) in [6.07, 6.45) is 6.88. The van der Waals surface area contributed by atoms with Gasteiger partial charge in [0.05, 0.1) is 11.6 Å². The van der Waals surface area contributed by atoms with Crippen molar-refractivity contribution >= 4 is 20.8 Å². The summed E-state index contributed by atoms with van der Waals surface area (Å²) in [7, 11) is 4.83. The molecule has 1 amide bonds. The first-order chi connectivity index (χ1) is 12.2. The first kappa shape index (κ1) is 20.3. The molecule has 0 N–H and O–H groups in total. The Morgan fingerprint density at radius 3 is 2.62 bits per heavy atom. The Morgan fingerprint density at radius 1 is 1.42 bits per heavy atom. The molecule has 1 aromatic carbocycles. The van der Waals surface area contributed by atoms with E-state index in [0.717, 1.165) is 19.3 Å². The number of hydrogen-bond acceptors (Lipinski definition) is 3. The van der Waals surface area contributed by atoms with Crippen LogP contribution >= 0.6 is 9.24 Å². The van der Waals surface area contributed by atoms with Gasteiger partial charge in [0, 0.05) is 31.4 Å². The number of carbonyl (C=O) groups is 1. The molecule has 0 fully saturated rings. The minimum absolute atomic E-state index is 0.0541. The molecule has 0 aromatic heterocycles. The Hall–Kier alpha value is -1.99. The third-order valence-corrected chi connectivity index (χ3v) is 4.89. The predicted molar refractivity (Wildman–Crippen MR) is 102 cm³/mol. The van der Waals surface area contributed by atoms with Crippen LogP contribution in [-0.2, 0) is 10.5 Å². The molecular weight excluding hydrogens is 355 g/mol. The topological polar surface area (TPSA) is 47.3 Å². The van der Waals surface area contributed by atoms with Crippen LogP contribution in [0, 0.1) is 11.3 Å². The molecular formula is C19H24F2N3OP. The van der Waals surface area contributed by atoms with E-state index >= 15 is 0 Å². The van der Waals surface area contributed by atoms with E-state index in [9.17, 15) is 13.6 Å². The molecule has 1 aliphatic carbocycles. The van der Waals surface area contributed by atoms with Crippen LogP contribution in [0.5, 0.6) is 0 Å². The lowest BCUT2D eigenvalue weighted by Crippen LogP contribution is -2.49. The summed E-state index contributed by atoms with van der Waals surface area (Å²) in [4.78, 5) is 15.9. The monoisotopic (exact) mass is 379 g/mol. The Labute approximate surface area is 155 Å². The van der Waals surface area contributed by atoms with Gasteiger partial charge in [0.1, 0.15) is 6.04 Å². The van der Waals surface area contributed by atoms with E-state index in [1.807, 2.05) is 17.0 Å². The van der Waals surface area contributed by atoms with Crippen LogP contribution in [0.25, 0.3) is 0 Å². The Bertz CT molecular complexity index is 737. The molecule has 4 nitrogen and oxygen atoms in total. The summed E-state index contributed by atoms with van der Waals surface area (Å²) in [5.41, 5.74) is -3.12. The van der Waals surface area contributed by atoms with Gasteiger partial charge in [0.15, 0.2) is 0 Å². The van der Waals surface area contributed by atoms with E-state index in [0.29, 0.717) is 5.69 Å². The minimum Gasteiger partial charge on any atom is -0.353 e. The highest BCUT2D eigenvalue weighted by molar-refractivity contribution is 7.17. The van der Waals surface area contributed by atoms with Gasteiger partial charge in [0.2, 0.25) is 5.91 Å². The quantitative estimate of drug-likeness (QED) is 0.576. The molecule has 7 heteroatoms. The highest BCUT2D eigenvalue weighted by Gasteiger charge is 2.32. The number of halogens is 2. The summed E-state index contributed by atoms with van der Waals surface area (Å²) in [6, 6.07) is 5.61. The van der Waals surface area contributed by atoms with Crippen molar-refractivity contribution in [3.8, 4) is 6.07 Å². The molecule has 140 valence electrons. The number of nitriles is 1. The number of carbonyl (C=O) groups excluding carboxylic acids is 1. The SMILES string of the molecule is C[C@@H](C(=O)N(C)C)N(c1ccc(C#N)c(C(F)(F)P)c1)C1C=CCCC1. The fraction of sp³-hybridized carbons (Fsp3) is 0.474. The van der Waals surface area contributed by atoms with Crippen LogP contribution in [0.3, 0.4) is 0 Å². The van der Waals surface area contributed by atoms with Crippen molar-refractivity contribution in [2.75, 3.05) is 19.0 Å². The van der Waals surface area contributed by atoms with Crippen molar-refractivity contribution in [1.82, 2.24) is 4.90 Å². The zero-order chi connectivity index (χ0) is 19.5. The van der Waals surface area contributed by atoms with Crippen LogP contribution in [0.1, 0.15) is 37.3 Å². The lowest BCUT2D eigenvalue weighted by Gasteiger charge is -2.39. The van der Waals surface area contributed by atoms with E-state index < -0.39 is 11.7 Å². The van der Waals surface area contributed by atoms with Crippen molar-refractivity contribution in [3.05, 3.63) is 41.5 Å². The van der Waals surface area contributed by atoms with E-state index in [1.165, 1.54) is 26.3 Å². The predicted octanol–water partition coefficient (Wildman–Crippen LogP) is 3.87. The molecule has 26 heavy (non-hydrogen) atoms. The van der Waals surface area contributed by atoms with Crippen LogP contribution in [0.4, 0.5) is 14.5 Å². The molecule has 0 heterocycles. The first-order valence-electron chi connectivity index (χ1n) is 8.54. The normalized spacial score (nSPS) is 18.1. The molecule has 0 saturated carbocycles. The van der Waals surface area contributed by atoms with Gasteiger partial charge in [0.25, 0.3) is 5.66 Å². The summed E-state index contributed by atoms with van der Waals surface area (Å²) in [5.74, 6) is -0.104. The van der Waals surface area contributed by atoms with Crippen LogP contribution in [0.15, 0.2) is 30.4 Å². The number of likely N-dealkylation sites (N-methyl/N-ethyl adjacent to an activating group) is 1. The molecule has 0 saturated heterocycles. The average molecular weight is 379 g/mol. The van der Waals surface area contributed by atoms with E-state index in [-0.39, 0.29) is 23.1 Å². The number of benzene rings is 1. The summed E-state index contributed by atoms with van der Waals surface area (Å²) >= 11 is 0. The standard InChI is InChI=1S/C19H24F2N3OP/c1-13(18(25)23(2)3)24(15-7-5-4-6-8-15)16-10-9-14(12-22)17(11-16)19(20,21)26/h5,7,9-11,13,15H,4,6,8,26H2,1-3H3/t13-,15?/m0/s1. The maximum absolute atomic E-state index is 14.0. The van der Waals surface area contributed by atoms with Gasteiger partial charge in [-0.1, -0.05) is 21.4 Å². The van der Waals surface area contributed by atoms with Gasteiger partial charge in [-0.3, -0.25) is 4.79 Å². The maximum atomic E-state index is 14.0. The van der Waals surface area contributed by atoms with Gasteiger partial charge in [-0.2, -0.15) is 14.0 Å². The second-order valence-corrected chi connectivity index (χ2v) is 7.43. The van der Waals surface area contributed by atoms with Crippen molar-refractivity contribution in [2.45, 2.75) is 43.9 Å². The Morgan fingerprint density at radius 2 is 2.12 bits per heavy atom. The lowest BCUT2D eigenvalue weighted by molar-refractivity contribution is -0.129. The van der Waals surface area contributed by atoms with Crippen molar-refractivity contribution < 1.29 is 13.6 Å². The number of hydrogen-bond donors (Lipinski definition) is 0. The Kier molecular flexibility index (Phi) is 6.36. The van der Waals surface area contributed by atoms with Gasteiger partial charge in [-0.05, 0) is 44.4 Å². The fourth-order valence-electron chi connectivity index (χ4n) is 3.29. The molecule has 1 aromatic rings. The largest absolute Gasteiger partial charge is 0.353 e. The Balaban J connectivity index is 2.55. The van der Waals surface area contributed by atoms with E-state index in [1.54, 1.807) is 27.1 Å². The number of allylic oxidation sites excluding steroid dienone is 1. The van der Waals surface area contributed by atoms with E-state index in [2.05, 4.69) is 6.08 Å². The maximum Gasteiger partial charge on any atom is 0.285 e. The smallest absolute Gasteiger partial charge is 0.285 e. The lowest BCUT2D eigenvalue weighted by atomic mass is 9.97. The molecule has 0 spiro atoms. The number of nitrogens with zero attached hydrogens (tertiary/aromatic N) is 3. The van der Waals surface area contributed by atoms with Gasteiger partial charge in [-0.15, -0.1) is 0 Å². The minimum atomic E-state index is -3.22. The third-order valence-electron chi connectivity index (χ3n) is 4.58. The second kappa shape index (κ2) is 8.14. The molecule has 1 aliphatic rings. The van der Waals surface area contributed by atoms with Crippen LogP contribution in [0.2, 0.25) is 0 Å².